The lowest BCUT2D eigenvalue weighted by Gasteiger charge is -2.11. The van der Waals surface area contributed by atoms with E-state index >= 15 is 0 Å². The van der Waals surface area contributed by atoms with Gasteiger partial charge in [-0.05, 0) is 36.9 Å². The summed E-state index contributed by atoms with van der Waals surface area (Å²) >= 11 is 0. The molecule has 120 valence electrons. The largest absolute Gasteiger partial charge is 0.277 e. The highest BCUT2D eigenvalue weighted by atomic mass is 32.2. The number of hydrogen-bond acceptors (Lipinski definition) is 5. The van der Waals surface area contributed by atoms with E-state index in [4.69, 9.17) is 0 Å². The Balaban J connectivity index is 2.07. The molecule has 1 N–H and O–H groups in total. The third-order valence-corrected chi connectivity index (χ3v) is 4.99. The molecule has 0 saturated heterocycles. The van der Waals surface area contributed by atoms with Gasteiger partial charge in [0.1, 0.15) is 0 Å². The maximum Gasteiger partial charge on any atom is 0.277 e. The average Bonchev–Trinajstić information content (AvgIpc) is 2.94. The van der Waals surface area contributed by atoms with Crippen molar-refractivity contribution in [3.8, 4) is 0 Å². The van der Waals surface area contributed by atoms with Gasteiger partial charge in [0.05, 0.1) is 10.9 Å². The van der Waals surface area contributed by atoms with E-state index in [1.807, 2.05) is 38.1 Å². The molecule has 0 aliphatic heterocycles. The van der Waals surface area contributed by atoms with Crippen LogP contribution >= 0.6 is 0 Å². The second-order valence-corrected chi connectivity index (χ2v) is 7.18. The van der Waals surface area contributed by atoms with Gasteiger partial charge in [0, 0.05) is 5.39 Å². The van der Waals surface area contributed by atoms with Crippen molar-refractivity contribution in [2.75, 3.05) is 4.72 Å². The number of aromatic nitrogens is 4. The third-order valence-electron chi connectivity index (χ3n) is 3.46. The summed E-state index contributed by atoms with van der Waals surface area (Å²) in [6.45, 7) is 5.53. The molecule has 7 nitrogen and oxygen atoms in total. The van der Waals surface area contributed by atoms with E-state index in [0.29, 0.717) is 10.9 Å². The van der Waals surface area contributed by atoms with Gasteiger partial charge in [-0.25, -0.2) is 13.1 Å². The predicted octanol–water partition coefficient (Wildman–Crippen LogP) is 2.52. The molecule has 0 atom stereocenters. The van der Waals surface area contributed by atoms with E-state index in [0.717, 1.165) is 5.39 Å². The Kier molecular flexibility index (Phi) is 3.77. The minimum absolute atomic E-state index is 0.0000422. The molecule has 1 aromatic heterocycles. The van der Waals surface area contributed by atoms with Crippen molar-refractivity contribution in [1.29, 1.82) is 0 Å². The smallest absolute Gasteiger partial charge is 0.245 e. The van der Waals surface area contributed by atoms with Gasteiger partial charge in [-0.2, -0.15) is 4.80 Å². The zero-order chi connectivity index (χ0) is 16.6. The zero-order valence-electron chi connectivity index (χ0n) is 13.1. The van der Waals surface area contributed by atoms with Gasteiger partial charge < -0.3 is 0 Å². The van der Waals surface area contributed by atoms with Gasteiger partial charge in [-0.3, -0.25) is 0 Å². The molecule has 0 amide bonds. The molecule has 0 spiro atoms. The molecule has 3 aromatic rings. The van der Waals surface area contributed by atoms with E-state index in [1.165, 1.54) is 4.80 Å². The summed E-state index contributed by atoms with van der Waals surface area (Å²) in [4.78, 5) is 1.59. The average molecular weight is 331 g/mol. The number of anilines is 1. The van der Waals surface area contributed by atoms with E-state index in [1.54, 1.807) is 19.1 Å². The Hall–Kier alpha value is -2.48. The number of fused-ring (bicyclic) bond motifs is 1. The standard InChI is InChI=1S/C15H17N5O2S/c1-10(2)20-17-15(16-19-20)18-23(21,22)14-11(3)8-9-12-6-4-5-7-13(12)14/h4-10H,1-3H3,(H,17,18). The fourth-order valence-corrected chi connectivity index (χ4v) is 3.76. The highest BCUT2D eigenvalue weighted by molar-refractivity contribution is 7.93. The SMILES string of the molecule is Cc1ccc2ccccc2c1S(=O)(=O)Nc1nnn(C(C)C)n1. The van der Waals surface area contributed by atoms with E-state index < -0.39 is 10.0 Å². The zero-order valence-corrected chi connectivity index (χ0v) is 13.9. The van der Waals surface area contributed by atoms with E-state index in [9.17, 15) is 8.42 Å². The second kappa shape index (κ2) is 5.62. The Bertz CT molecular complexity index is 963. The lowest BCUT2D eigenvalue weighted by molar-refractivity contribution is 0.455. The van der Waals surface area contributed by atoms with Crippen molar-refractivity contribution < 1.29 is 8.42 Å². The van der Waals surface area contributed by atoms with Gasteiger partial charge in [0.25, 0.3) is 16.0 Å². The van der Waals surface area contributed by atoms with Crippen LogP contribution in [0, 0.1) is 6.92 Å². The van der Waals surface area contributed by atoms with Crippen molar-refractivity contribution in [2.24, 2.45) is 0 Å². The Morgan fingerprint density at radius 2 is 1.87 bits per heavy atom. The Morgan fingerprint density at radius 3 is 2.57 bits per heavy atom. The van der Waals surface area contributed by atoms with Crippen LogP contribution in [0.25, 0.3) is 10.8 Å². The molecule has 0 radical (unpaired) electrons. The van der Waals surface area contributed by atoms with Crippen LogP contribution in [-0.2, 0) is 10.0 Å². The van der Waals surface area contributed by atoms with E-state index in [2.05, 4.69) is 20.1 Å². The first-order chi connectivity index (χ1) is 10.9. The molecule has 23 heavy (non-hydrogen) atoms. The molecule has 0 saturated carbocycles. The molecule has 1 heterocycles. The third kappa shape index (κ3) is 2.89. The van der Waals surface area contributed by atoms with Crippen LogP contribution in [0.1, 0.15) is 25.5 Å². The fraction of sp³-hybridized carbons (Fsp3) is 0.267. The quantitative estimate of drug-likeness (QED) is 0.793. The number of nitrogens with one attached hydrogen (secondary N) is 1. The van der Waals surface area contributed by atoms with Gasteiger partial charge in [0.2, 0.25) is 0 Å². The second-order valence-electron chi connectivity index (χ2n) is 5.57. The number of tetrazole rings is 1. The first-order valence-corrected chi connectivity index (χ1v) is 8.67. The number of nitrogens with zero attached hydrogens (tertiary/aromatic N) is 4. The van der Waals surface area contributed by atoms with Gasteiger partial charge in [-0.1, -0.05) is 41.5 Å². The highest BCUT2D eigenvalue weighted by Gasteiger charge is 2.22. The molecule has 2 aromatic carbocycles. The Morgan fingerprint density at radius 1 is 1.13 bits per heavy atom. The summed E-state index contributed by atoms with van der Waals surface area (Å²) in [6, 6.07) is 11.0. The van der Waals surface area contributed by atoms with Crippen molar-refractivity contribution >= 4 is 26.7 Å². The van der Waals surface area contributed by atoms with Crippen molar-refractivity contribution in [2.45, 2.75) is 31.7 Å². The van der Waals surface area contributed by atoms with Crippen LogP contribution < -0.4 is 4.72 Å². The first-order valence-electron chi connectivity index (χ1n) is 7.19. The summed E-state index contributed by atoms with van der Waals surface area (Å²) in [5, 5.41) is 13.1. The highest BCUT2D eigenvalue weighted by Crippen LogP contribution is 2.27. The molecular weight excluding hydrogens is 314 g/mol. The van der Waals surface area contributed by atoms with Crippen LogP contribution in [0.3, 0.4) is 0 Å². The monoisotopic (exact) mass is 331 g/mol. The van der Waals surface area contributed by atoms with Gasteiger partial charge in [-0.15, -0.1) is 5.10 Å². The van der Waals surface area contributed by atoms with Crippen LogP contribution in [0.4, 0.5) is 5.95 Å². The maximum atomic E-state index is 12.8. The van der Waals surface area contributed by atoms with Crippen molar-refractivity contribution in [3.63, 3.8) is 0 Å². The minimum Gasteiger partial charge on any atom is -0.245 e. The Labute approximate surface area is 134 Å². The molecule has 0 aliphatic carbocycles. The lowest BCUT2D eigenvalue weighted by Crippen LogP contribution is -2.16. The number of hydrogen-bond donors (Lipinski definition) is 1. The molecule has 0 fully saturated rings. The molecule has 8 heteroatoms. The van der Waals surface area contributed by atoms with Crippen molar-refractivity contribution in [3.05, 3.63) is 42.0 Å². The minimum atomic E-state index is -3.81. The molecule has 0 bridgehead atoms. The van der Waals surface area contributed by atoms with Gasteiger partial charge in [0.15, 0.2) is 0 Å². The van der Waals surface area contributed by atoms with Crippen LogP contribution in [0.15, 0.2) is 41.3 Å². The summed E-state index contributed by atoms with van der Waals surface area (Å²) in [7, 11) is -3.81. The number of benzene rings is 2. The first kappa shape index (κ1) is 15.4. The predicted molar refractivity (Wildman–Crippen MR) is 87.7 cm³/mol. The number of rotatable bonds is 4. The normalized spacial score (nSPS) is 12.0. The summed E-state index contributed by atoms with van der Waals surface area (Å²) < 4.78 is 28.0. The fourth-order valence-electron chi connectivity index (χ4n) is 2.36. The van der Waals surface area contributed by atoms with Crippen LogP contribution in [0.5, 0.6) is 0 Å². The molecule has 0 unspecified atom stereocenters. The molecule has 3 rings (SSSR count). The number of aryl methyl sites for hydroxylation is 1. The molecular formula is C15H17N5O2S. The summed E-state index contributed by atoms with van der Waals surface area (Å²) in [5.41, 5.74) is 0.660. The van der Waals surface area contributed by atoms with Gasteiger partial charge >= 0.3 is 0 Å². The molecule has 0 aliphatic rings. The number of sulfonamides is 1. The van der Waals surface area contributed by atoms with E-state index in [-0.39, 0.29) is 16.9 Å². The van der Waals surface area contributed by atoms with Crippen LogP contribution in [-0.4, -0.2) is 28.6 Å². The summed E-state index contributed by atoms with van der Waals surface area (Å²) in [6.07, 6.45) is 0. The lowest BCUT2D eigenvalue weighted by atomic mass is 10.1. The summed E-state index contributed by atoms with van der Waals surface area (Å²) in [5.74, 6) is -0.0361. The van der Waals surface area contributed by atoms with Crippen LogP contribution in [0.2, 0.25) is 0 Å². The maximum absolute atomic E-state index is 12.8. The topological polar surface area (TPSA) is 89.8 Å². The van der Waals surface area contributed by atoms with Crippen molar-refractivity contribution in [1.82, 2.24) is 20.2 Å².